The quantitative estimate of drug-likeness (QED) is 0.721. The van der Waals surface area contributed by atoms with Crippen LogP contribution in [0.3, 0.4) is 0 Å². The Bertz CT molecular complexity index is 146. The van der Waals surface area contributed by atoms with Gasteiger partial charge in [-0.25, -0.2) is 0 Å². The van der Waals surface area contributed by atoms with Crippen molar-refractivity contribution in [3.8, 4) is 0 Å². The summed E-state index contributed by atoms with van der Waals surface area (Å²) in [7, 11) is 2.07. The van der Waals surface area contributed by atoms with Gasteiger partial charge in [-0.05, 0) is 14.0 Å². The number of ether oxygens (including phenoxy) is 1. The Morgan fingerprint density at radius 1 is 1.69 bits per heavy atom. The van der Waals surface area contributed by atoms with Gasteiger partial charge in [0.15, 0.2) is 0 Å². The van der Waals surface area contributed by atoms with Crippen molar-refractivity contribution < 1.29 is 9.84 Å². The maximum atomic E-state index is 9.80. The van der Waals surface area contributed by atoms with Gasteiger partial charge in [0, 0.05) is 30.7 Å². The standard InChI is InChI=1S/C9H19NO2S/c1-3-12-6-9(11)8-7-13-5-4-10(8)2/h8-9,11H,3-7H2,1-2H3. The minimum absolute atomic E-state index is 0.269. The number of hydrogen-bond acceptors (Lipinski definition) is 4. The van der Waals surface area contributed by atoms with Gasteiger partial charge in [-0.3, -0.25) is 4.90 Å². The predicted molar refractivity (Wildman–Crippen MR) is 56.2 cm³/mol. The lowest BCUT2D eigenvalue weighted by Gasteiger charge is -2.35. The molecule has 0 spiro atoms. The Labute approximate surface area is 84.4 Å². The molecule has 78 valence electrons. The van der Waals surface area contributed by atoms with Gasteiger partial charge in [0.05, 0.1) is 12.7 Å². The average molecular weight is 205 g/mol. The lowest BCUT2D eigenvalue weighted by Crippen LogP contribution is -2.48. The summed E-state index contributed by atoms with van der Waals surface area (Å²) in [5, 5.41) is 9.80. The van der Waals surface area contributed by atoms with E-state index in [0.717, 1.165) is 12.3 Å². The summed E-state index contributed by atoms with van der Waals surface area (Å²) in [5.74, 6) is 2.19. The SMILES string of the molecule is CCOCC(O)C1CSCCN1C. The van der Waals surface area contributed by atoms with E-state index in [4.69, 9.17) is 4.74 Å². The zero-order chi connectivity index (χ0) is 9.68. The molecule has 1 heterocycles. The highest BCUT2D eigenvalue weighted by Gasteiger charge is 2.26. The topological polar surface area (TPSA) is 32.7 Å². The van der Waals surface area contributed by atoms with Crippen LogP contribution in [0.15, 0.2) is 0 Å². The molecule has 0 aromatic heterocycles. The summed E-state index contributed by atoms with van der Waals surface area (Å²) in [5.41, 5.74) is 0. The number of hydrogen-bond donors (Lipinski definition) is 1. The lowest BCUT2D eigenvalue weighted by atomic mass is 10.1. The second-order valence-electron chi connectivity index (χ2n) is 3.35. The average Bonchev–Trinajstić information content (AvgIpc) is 2.15. The van der Waals surface area contributed by atoms with Crippen LogP contribution in [0.25, 0.3) is 0 Å². The summed E-state index contributed by atoms with van der Waals surface area (Å²) >= 11 is 1.91. The van der Waals surface area contributed by atoms with Gasteiger partial charge < -0.3 is 9.84 Å². The second kappa shape index (κ2) is 5.86. The fourth-order valence-corrected chi connectivity index (χ4v) is 2.76. The van der Waals surface area contributed by atoms with Crippen LogP contribution in [0.5, 0.6) is 0 Å². The molecule has 4 heteroatoms. The Balaban J connectivity index is 2.30. The fourth-order valence-electron chi connectivity index (χ4n) is 1.46. The van der Waals surface area contributed by atoms with Crippen LogP contribution in [0, 0.1) is 0 Å². The van der Waals surface area contributed by atoms with E-state index in [2.05, 4.69) is 11.9 Å². The number of thioether (sulfide) groups is 1. The Morgan fingerprint density at radius 3 is 3.08 bits per heavy atom. The van der Waals surface area contributed by atoms with E-state index in [-0.39, 0.29) is 12.1 Å². The van der Waals surface area contributed by atoms with Crippen molar-refractivity contribution in [1.82, 2.24) is 4.90 Å². The third-order valence-corrected chi connectivity index (χ3v) is 3.43. The molecule has 1 fully saturated rings. The Hall–Kier alpha value is 0.230. The van der Waals surface area contributed by atoms with E-state index in [1.165, 1.54) is 5.75 Å². The van der Waals surface area contributed by atoms with Gasteiger partial charge in [-0.1, -0.05) is 0 Å². The highest BCUT2D eigenvalue weighted by atomic mass is 32.2. The minimum Gasteiger partial charge on any atom is -0.389 e. The molecule has 0 amide bonds. The van der Waals surface area contributed by atoms with Crippen molar-refractivity contribution in [2.75, 3.05) is 38.3 Å². The first-order chi connectivity index (χ1) is 6.25. The molecule has 0 saturated carbocycles. The van der Waals surface area contributed by atoms with Crippen LogP contribution in [0.4, 0.5) is 0 Å². The van der Waals surface area contributed by atoms with Crippen molar-refractivity contribution in [2.24, 2.45) is 0 Å². The third-order valence-electron chi connectivity index (χ3n) is 2.38. The van der Waals surface area contributed by atoms with E-state index in [1.807, 2.05) is 18.7 Å². The summed E-state index contributed by atoms with van der Waals surface area (Å²) < 4.78 is 5.21. The minimum atomic E-state index is -0.335. The number of likely N-dealkylation sites (N-methyl/N-ethyl adjacent to an activating group) is 1. The highest BCUT2D eigenvalue weighted by molar-refractivity contribution is 7.99. The number of nitrogens with zero attached hydrogens (tertiary/aromatic N) is 1. The molecule has 2 atom stereocenters. The zero-order valence-corrected chi connectivity index (χ0v) is 9.22. The van der Waals surface area contributed by atoms with Gasteiger partial charge in [-0.15, -0.1) is 0 Å². The van der Waals surface area contributed by atoms with Crippen LogP contribution < -0.4 is 0 Å². The summed E-state index contributed by atoms with van der Waals surface area (Å²) in [4.78, 5) is 2.22. The van der Waals surface area contributed by atoms with Crippen LogP contribution in [-0.4, -0.2) is 60.5 Å². The van der Waals surface area contributed by atoms with Crippen molar-refractivity contribution in [1.29, 1.82) is 0 Å². The summed E-state index contributed by atoms with van der Waals surface area (Å²) in [6, 6.07) is 0.269. The number of rotatable bonds is 4. The molecular formula is C9H19NO2S. The van der Waals surface area contributed by atoms with Crippen molar-refractivity contribution in [2.45, 2.75) is 19.1 Å². The van der Waals surface area contributed by atoms with Crippen LogP contribution in [0.2, 0.25) is 0 Å². The van der Waals surface area contributed by atoms with E-state index in [0.29, 0.717) is 13.2 Å². The molecule has 3 nitrogen and oxygen atoms in total. The van der Waals surface area contributed by atoms with E-state index < -0.39 is 0 Å². The first-order valence-electron chi connectivity index (χ1n) is 4.79. The molecule has 1 saturated heterocycles. The van der Waals surface area contributed by atoms with Gasteiger partial charge in [0.25, 0.3) is 0 Å². The largest absolute Gasteiger partial charge is 0.389 e. The fraction of sp³-hybridized carbons (Fsp3) is 1.00. The molecule has 1 aliphatic rings. The summed E-state index contributed by atoms with van der Waals surface area (Å²) in [6.45, 7) is 4.16. The van der Waals surface area contributed by atoms with E-state index >= 15 is 0 Å². The number of aliphatic hydroxyl groups excluding tert-OH is 1. The molecule has 1 aliphatic heterocycles. The van der Waals surface area contributed by atoms with Gasteiger partial charge in [0.2, 0.25) is 0 Å². The van der Waals surface area contributed by atoms with E-state index in [1.54, 1.807) is 0 Å². The van der Waals surface area contributed by atoms with Crippen LogP contribution in [0.1, 0.15) is 6.92 Å². The van der Waals surface area contributed by atoms with Crippen LogP contribution >= 0.6 is 11.8 Å². The molecule has 0 bridgehead atoms. The van der Waals surface area contributed by atoms with E-state index in [9.17, 15) is 5.11 Å². The predicted octanol–water partition coefficient (Wildman–Crippen LogP) is 0.431. The lowest BCUT2D eigenvalue weighted by molar-refractivity contribution is -0.00129. The molecular weight excluding hydrogens is 186 g/mol. The van der Waals surface area contributed by atoms with Crippen molar-refractivity contribution >= 4 is 11.8 Å². The molecule has 1 rings (SSSR count). The molecule has 0 aromatic carbocycles. The van der Waals surface area contributed by atoms with Gasteiger partial charge in [-0.2, -0.15) is 11.8 Å². The molecule has 0 radical (unpaired) electrons. The maximum absolute atomic E-state index is 9.80. The monoisotopic (exact) mass is 205 g/mol. The molecule has 13 heavy (non-hydrogen) atoms. The first kappa shape index (κ1) is 11.3. The third kappa shape index (κ3) is 3.46. The maximum Gasteiger partial charge on any atom is 0.0936 e. The van der Waals surface area contributed by atoms with Gasteiger partial charge >= 0.3 is 0 Å². The Morgan fingerprint density at radius 2 is 2.46 bits per heavy atom. The highest BCUT2D eigenvalue weighted by Crippen LogP contribution is 2.17. The summed E-state index contributed by atoms with van der Waals surface area (Å²) in [6.07, 6.45) is -0.335. The van der Waals surface area contributed by atoms with Gasteiger partial charge in [0.1, 0.15) is 0 Å². The zero-order valence-electron chi connectivity index (χ0n) is 8.40. The molecule has 0 aromatic rings. The molecule has 2 unspecified atom stereocenters. The normalized spacial score (nSPS) is 27.5. The van der Waals surface area contributed by atoms with Crippen molar-refractivity contribution in [3.05, 3.63) is 0 Å². The molecule has 0 aliphatic carbocycles. The van der Waals surface area contributed by atoms with Crippen molar-refractivity contribution in [3.63, 3.8) is 0 Å². The smallest absolute Gasteiger partial charge is 0.0936 e. The van der Waals surface area contributed by atoms with Crippen LogP contribution in [-0.2, 0) is 4.74 Å². The second-order valence-corrected chi connectivity index (χ2v) is 4.50. The number of aliphatic hydroxyl groups is 1. The Kier molecular flexibility index (Phi) is 5.09. The molecule has 1 N–H and O–H groups in total. The first-order valence-corrected chi connectivity index (χ1v) is 5.95.